The SMILES string of the molecule is CC(C)NC1CCCN(C(C)C(C)C)C1. The Labute approximate surface area is 95.4 Å². The van der Waals surface area contributed by atoms with E-state index in [1.54, 1.807) is 0 Å². The third kappa shape index (κ3) is 4.12. The van der Waals surface area contributed by atoms with Crippen molar-refractivity contribution in [1.29, 1.82) is 0 Å². The number of hydrogen-bond acceptors (Lipinski definition) is 2. The maximum atomic E-state index is 3.66. The summed E-state index contributed by atoms with van der Waals surface area (Å²) in [5.41, 5.74) is 0. The molecule has 2 atom stereocenters. The van der Waals surface area contributed by atoms with Crippen LogP contribution in [0.15, 0.2) is 0 Å². The summed E-state index contributed by atoms with van der Waals surface area (Å²) in [6.07, 6.45) is 2.70. The summed E-state index contributed by atoms with van der Waals surface area (Å²) < 4.78 is 0. The smallest absolute Gasteiger partial charge is 0.0197 e. The van der Waals surface area contributed by atoms with Crippen LogP contribution in [0.4, 0.5) is 0 Å². The van der Waals surface area contributed by atoms with E-state index < -0.39 is 0 Å². The molecule has 0 spiro atoms. The molecule has 1 N–H and O–H groups in total. The van der Waals surface area contributed by atoms with Crippen LogP contribution in [-0.2, 0) is 0 Å². The van der Waals surface area contributed by atoms with Crippen LogP contribution in [0.2, 0.25) is 0 Å². The molecule has 1 rings (SSSR count). The molecule has 2 unspecified atom stereocenters. The minimum Gasteiger partial charge on any atom is -0.311 e. The predicted octanol–water partition coefficient (Wildman–Crippen LogP) is 2.49. The van der Waals surface area contributed by atoms with Crippen molar-refractivity contribution in [3.8, 4) is 0 Å². The highest BCUT2D eigenvalue weighted by Crippen LogP contribution is 2.17. The second kappa shape index (κ2) is 5.86. The molecule has 0 bridgehead atoms. The first-order valence-electron chi connectivity index (χ1n) is 6.50. The van der Waals surface area contributed by atoms with Crippen LogP contribution in [0.3, 0.4) is 0 Å². The van der Waals surface area contributed by atoms with Crippen molar-refractivity contribution in [2.24, 2.45) is 5.92 Å². The van der Waals surface area contributed by atoms with E-state index in [9.17, 15) is 0 Å². The third-order valence-electron chi connectivity index (χ3n) is 3.56. The molecule has 0 saturated carbocycles. The Hall–Kier alpha value is -0.0800. The first-order valence-corrected chi connectivity index (χ1v) is 6.50. The van der Waals surface area contributed by atoms with Gasteiger partial charge in [-0.15, -0.1) is 0 Å². The standard InChI is InChI=1S/C13H28N2/c1-10(2)12(5)15-8-6-7-13(9-15)14-11(3)4/h10-14H,6-9H2,1-5H3. The van der Waals surface area contributed by atoms with Gasteiger partial charge >= 0.3 is 0 Å². The Balaban J connectivity index is 2.41. The molecule has 0 amide bonds. The van der Waals surface area contributed by atoms with E-state index in [0.29, 0.717) is 12.1 Å². The zero-order valence-electron chi connectivity index (χ0n) is 11.1. The van der Waals surface area contributed by atoms with E-state index in [-0.39, 0.29) is 0 Å². The number of rotatable bonds is 4. The Kier molecular flexibility index (Phi) is 5.07. The summed E-state index contributed by atoms with van der Waals surface area (Å²) in [6, 6.07) is 2.05. The first-order chi connectivity index (χ1) is 7.00. The minimum absolute atomic E-state index is 0.615. The fourth-order valence-corrected chi connectivity index (χ4v) is 2.41. The molecule has 90 valence electrons. The lowest BCUT2D eigenvalue weighted by atomic mass is 9.98. The second-order valence-corrected chi connectivity index (χ2v) is 5.64. The van der Waals surface area contributed by atoms with Gasteiger partial charge in [-0.2, -0.15) is 0 Å². The normalized spacial score (nSPS) is 26.2. The van der Waals surface area contributed by atoms with Crippen molar-refractivity contribution in [2.45, 2.75) is 65.6 Å². The quantitative estimate of drug-likeness (QED) is 0.770. The summed E-state index contributed by atoms with van der Waals surface area (Å²) in [5, 5.41) is 3.66. The number of nitrogens with zero attached hydrogens (tertiary/aromatic N) is 1. The maximum absolute atomic E-state index is 3.66. The summed E-state index contributed by atoms with van der Waals surface area (Å²) >= 11 is 0. The van der Waals surface area contributed by atoms with E-state index in [0.717, 1.165) is 12.0 Å². The average Bonchev–Trinajstić information content (AvgIpc) is 2.16. The zero-order chi connectivity index (χ0) is 11.4. The monoisotopic (exact) mass is 212 g/mol. The minimum atomic E-state index is 0.615. The fourth-order valence-electron chi connectivity index (χ4n) is 2.41. The summed E-state index contributed by atoms with van der Waals surface area (Å²) in [4.78, 5) is 2.65. The van der Waals surface area contributed by atoms with Gasteiger partial charge in [0.15, 0.2) is 0 Å². The molecular formula is C13H28N2. The molecule has 1 heterocycles. The Morgan fingerprint density at radius 2 is 1.80 bits per heavy atom. The van der Waals surface area contributed by atoms with E-state index in [1.165, 1.54) is 25.9 Å². The lowest BCUT2D eigenvalue weighted by Crippen LogP contribution is -2.51. The highest BCUT2D eigenvalue weighted by molar-refractivity contribution is 4.82. The van der Waals surface area contributed by atoms with Gasteiger partial charge < -0.3 is 5.32 Å². The highest BCUT2D eigenvalue weighted by Gasteiger charge is 2.24. The lowest BCUT2D eigenvalue weighted by Gasteiger charge is -2.39. The van der Waals surface area contributed by atoms with Gasteiger partial charge in [-0.05, 0) is 32.2 Å². The van der Waals surface area contributed by atoms with Gasteiger partial charge in [0, 0.05) is 24.7 Å². The molecule has 1 aliphatic heterocycles. The van der Waals surface area contributed by atoms with Crippen molar-refractivity contribution in [2.75, 3.05) is 13.1 Å². The van der Waals surface area contributed by atoms with Crippen LogP contribution in [0.1, 0.15) is 47.5 Å². The summed E-state index contributed by atoms with van der Waals surface area (Å²) in [5.74, 6) is 0.766. The number of nitrogens with one attached hydrogen (secondary N) is 1. The van der Waals surface area contributed by atoms with E-state index >= 15 is 0 Å². The van der Waals surface area contributed by atoms with Gasteiger partial charge in [0.25, 0.3) is 0 Å². The third-order valence-corrected chi connectivity index (χ3v) is 3.56. The first kappa shape index (κ1) is 13.0. The second-order valence-electron chi connectivity index (χ2n) is 5.64. The Bertz CT molecular complexity index is 177. The molecule has 0 aromatic heterocycles. The van der Waals surface area contributed by atoms with Crippen molar-refractivity contribution in [1.82, 2.24) is 10.2 Å². The van der Waals surface area contributed by atoms with Gasteiger partial charge in [-0.1, -0.05) is 27.7 Å². The fraction of sp³-hybridized carbons (Fsp3) is 1.00. The largest absolute Gasteiger partial charge is 0.311 e. The predicted molar refractivity (Wildman–Crippen MR) is 67.2 cm³/mol. The maximum Gasteiger partial charge on any atom is 0.0197 e. The zero-order valence-corrected chi connectivity index (χ0v) is 11.1. The van der Waals surface area contributed by atoms with Crippen LogP contribution >= 0.6 is 0 Å². The molecule has 1 aliphatic rings. The van der Waals surface area contributed by atoms with Crippen LogP contribution in [-0.4, -0.2) is 36.1 Å². The molecule has 2 heteroatoms. The lowest BCUT2D eigenvalue weighted by molar-refractivity contribution is 0.115. The Morgan fingerprint density at radius 3 is 2.33 bits per heavy atom. The molecule has 1 fully saturated rings. The van der Waals surface area contributed by atoms with Crippen molar-refractivity contribution >= 4 is 0 Å². The molecule has 15 heavy (non-hydrogen) atoms. The van der Waals surface area contributed by atoms with Crippen LogP contribution in [0, 0.1) is 5.92 Å². The van der Waals surface area contributed by atoms with E-state index in [2.05, 4.69) is 44.8 Å². The van der Waals surface area contributed by atoms with Gasteiger partial charge in [-0.25, -0.2) is 0 Å². The van der Waals surface area contributed by atoms with Crippen LogP contribution in [0.5, 0.6) is 0 Å². The van der Waals surface area contributed by atoms with Crippen molar-refractivity contribution < 1.29 is 0 Å². The van der Waals surface area contributed by atoms with Crippen molar-refractivity contribution in [3.63, 3.8) is 0 Å². The average molecular weight is 212 g/mol. The highest BCUT2D eigenvalue weighted by atomic mass is 15.2. The number of hydrogen-bond donors (Lipinski definition) is 1. The van der Waals surface area contributed by atoms with Gasteiger partial charge in [0.2, 0.25) is 0 Å². The molecule has 2 nitrogen and oxygen atoms in total. The molecule has 0 radical (unpaired) electrons. The molecular weight excluding hydrogens is 184 g/mol. The number of piperidine rings is 1. The van der Waals surface area contributed by atoms with Gasteiger partial charge in [0.1, 0.15) is 0 Å². The van der Waals surface area contributed by atoms with Crippen molar-refractivity contribution in [3.05, 3.63) is 0 Å². The van der Waals surface area contributed by atoms with E-state index in [1.807, 2.05) is 0 Å². The molecule has 0 aromatic rings. The van der Waals surface area contributed by atoms with Gasteiger partial charge in [-0.3, -0.25) is 4.90 Å². The van der Waals surface area contributed by atoms with E-state index in [4.69, 9.17) is 0 Å². The van der Waals surface area contributed by atoms with Gasteiger partial charge in [0.05, 0.1) is 0 Å². The molecule has 1 saturated heterocycles. The van der Waals surface area contributed by atoms with Crippen LogP contribution < -0.4 is 5.32 Å². The Morgan fingerprint density at radius 1 is 1.13 bits per heavy atom. The summed E-state index contributed by atoms with van der Waals surface area (Å²) in [6.45, 7) is 14.0. The molecule has 0 aromatic carbocycles. The number of likely N-dealkylation sites (tertiary alicyclic amines) is 1. The topological polar surface area (TPSA) is 15.3 Å². The van der Waals surface area contributed by atoms with Crippen LogP contribution in [0.25, 0.3) is 0 Å². The summed E-state index contributed by atoms with van der Waals surface area (Å²) in [7, 11) is 0. The molecule has 0 aliphatic carbocycles.